The molecule has 0 unspecified atom stereocenters. The average molecular weight is 205 g/mol. The van der Waals surface area contributed by atoms with Crippen molar-refractivity contribution in [3.05, 3.63) is 0 Å². The highest BCUT2D eigenvalue weighted by molar-refractivity contribution is 14.1. The summed E-state index contributed by atoms with van der Waals surface area (Å²) in [5, 5.41) is 0. The van der Waals surface area contributed by atoms with Gasteiger partial charge in [0.05, 0.1) is 0 Å². The van der Waals surface area contributed by atoms with Gasteiger partial charge in [-0.1, -0.05) is 5.59 Å². The lowest BCUT2D eigenvalue weighted by Crippen LogP contribution is -2.31. The van der Waals surface area contributed by atoms with Crippen molar-refractivity contribution in [2.24, 2.45) is 5.90 Å². The summed E-state index contributed by atoms with van der Waals surface area (Å²) in [6.45, 7) is 0. The first kappa shape index (κ1) is 6.53. The Bertz CT molecular complexity index is 20.8. The van der Waals surface area contributed by atoms with Gasteiger partial charge in [-0.2, -0.15) is 10.8 Å². The van der Waals surface area contributed by atoms with Crippen LogP contribution < -0.4 is 17.1 Å². The van der Waals surface area contributed by atoms with Crippen molar-refractivity contribution in [1.29, 1.82) is 0 Å². The van der Waals surface area contributed by atoms with Crippen LogP contribution in [0.4, 0.5) is 0 Å². The highest BCUT2D eigenvalue weighted by Crippen LogP contribution is 1.70. The van der Waals surface area contributed by atoms with Crippen LogP contribution in [-0.2, 0) is 8.11 Å². The molecule has 0 spiro atoms. The van der Waals surface area contributed by atoms with Crippen molar-refractivity contribution in [2.45, 2.75) is 0 Å². The highest BCUT2D eigenvalue weighted by atomic mass is 127. The van der Waals surface area contributed by atoms with Crippen LogP contribution in [-0.4, -0.2) is 0 Å². The molecule has 0 aliphatic heterocycles. The molecule has 0 aromatic rings. The largest absolute Gasteiger partial charge is 0.216 e. The molecule has 4 N–H and O–H groups in total. The number of hydrogen-bond acceptors (Lipinski definition) is 5. The fraction of sp³-hybridized carbons (Fsp3) is 0. The van der Waals surface area contributed by atoms with Gasteiger partial charge in [0.25, 0.3) is 0 Å². The number of hydrogen-bond donors (Lipinski definition) is 3. The third kappa shape index (κ3) is 4.53. The predicted molar refractivity (Wildman–Crippen MR) is 26.6 cm³/mol. The number of nitrogens with two attached hydrogens (primary N) is 1. The molecule has 0 saturated carbocycles. The van der Waals surface area contributed by atoms with Crippen LogP contribution in [0.15, 0.2) is 0 Å². The molecule has 38 valence electrons. The molecule has 0 atom stereocenters. The lowest BCUT2D eigenvalue weighted by atomic mass is 12.7. The predicted octanol–water partition coefficient (Wildman–Crippen LogP) is -0.833. The van der Waals surface area contributed by atoms with E-state index in [1.807, 2.05) is 5.59 Å². The minimum Gasteiger partial charge on any atom is -0.216 e. The Morgan fingerprint density at radius 1 is 1.50 bits per heavy atom. The normalized spacial score (nSPS) is 9.00. The van der Waals surface area contributed by atoms with Gasteiger partial charge in [-0.25, -0.2) is 3.17 Å². The first-order valence-electron chi connectivity index (χ1n) is 1.05. The molecule has 0 aliphatic rings. The minimum absolute atomic E-state index is 1.60. The fourth-order valence-corrected chi connectivity index (χ4v) is 0.130. The van der Waals surface area contributed by atoms with E-state index in [1.54, 1.807) is 23.0 Å². The SMILES string of the molecule is NONNOI. The Kier molecular flexibility index (Phi) is 6.02. The van der Waals surface area contributed by atoms with Crippen molar-refractivity contribution in [3.8, 4) is 0 Å². The smallest absolute Gasteiger partial charge is 0.138 e. The lowest BCUT2D eigenvalue weighted by molar-refractivity contribution is -0.0450. The summed E-state index contributed by atoms with van der Waals surface area (Å²) in [7, 11) is 0. The zero-order valence-corrected chi connectivity index (χ0v) is 4.93. The van der Waals surface area contributed by atoms with Crippen molar-refractivity contribution < 1.29 is 8.11 Å². The fourth-order valence-electron chi connectivity index (χ4n) is 0.0398. The Morgan fingerprint density at radius 2 is 2.17 bits per heavy atom. The van der Waals surface area contributed by atoms with E-state index in [-0.39, 0.29) is 0 Å². The van der Waals surface area contributed by atoms with E-state index in [1.165, 1.54) is 0 Å². The maximum absolute atomic E-state index is 4.46. The minimum atomic E-state index is 1.60. The van der Waals surface area contributed by atoms with Crippen LogP contribution in [0.2, 0.25) is 0 Å². The zero-order valence-electron chi connectivity index (χ0n) is 2.77. The lowest BCUT2D eigenvalue weighted by Gasteiger charge is -1.93. The van der Waals surface area contributed by atoms with E-state index in [0.29, 0.717) is 0 Å². The first-order chi connectivity index (χ1) is 2.91. The summed E-state index contributed by atoms with van der Waals surface area (Å²) in [5.74, 6) is 4.46. The molecule has 0 aromatic carbocycles. The maximum atomic E-state index is 4.46. The van der Waals surface area contributed by atoms with E-state index in [2.05, 4.69) is 19.6 Å². The van der Waals surface area contributed by atoms with E-state index in [9.17, 15) is 0 Å². The second-order valence-electron chi connectivity index (χ2n) is 0.399. The molecular weight excluding hydrogens is 201 g/mol. The Balaban J connectivity index is 2.34. The summed E-state index contributed by atoms with van der Waals surface area (Å²) in [4.78, 5) is 3.79. The van der Waals surface area contributed by atoms with Gasteiger partial charge in [0.2, 0.25) is 0 Å². The third-order valence-electron chi connectivity index (χ3n) is 0.139. The van der Waals surface area contributed by atoms with E-state index in [0.717, 1.165) is 0 Å². The van der Waals surface area contributed by atoms with Gasteiger partial charge in [-0.3, -0.25) is 0 Å². The quantitative estimate of drug-likeness (QED) is 0.318. The topological polar surface area (TPSA) is 68.5 Å². The van der Waals surface area contributed by atoms with Crippen LogP contribution in [0, 0.1) is 0 Å². The monoisotopic (exact) mass is 205 g/mol. The van der Waals surface area contributed by atoms with Crippen molar-refractivity contribution in [1.82, 2.24) is 11.2 Å². The summed E-state index contributed by atoms with van der Waals surface area (Å²) >= 11 is 1.60. The molecule has 0 heterocycles. The maximum Gasteiger partial charge on any atom is 0.138 e. The van der Waals surface area contributed by atoms with Gasteiger partial charge < -0.3 is 0 Å². The van der Waals surface area contributed by atoms with Crippen LogP contribution in [0.3, 0.4) is 0 Å². The van der Waals surface area contributed by atoms with Gasteiger partial charge in [0.15, 0.2) is 0 Å². The van der Waals surface area contributed by atoms with E-state index in [4.69, 9.17) is 0 Å². The molecule has 0 fully saturated rings. The molecule has 6 heteroatoms. The molecule has 6 heavy (non-hydrogen) atoms. The van der Waals surface area contributed by atoms with Gasteiger partial charge in [0, 0.05) is 0 Å². The average Bonchev–Trinajstić information content (AvgIpc) is 1.61. The number of halogens is 1. The molecule has 0 aliphatic carbocycles. The standard InChI is InChI=1S/H4IN3O2/c1-5-3-4-6-2/h3-4H,2H2. The highest BCUT2D eigenvalue weighted by Gasteiger charge is 1.68. The van der Waals surface area contributed by atoms with Crippen molar-refractivity contribution >= 4 is 23.0 Å². The summed E-state index contributed by atoms with van der Waals surface area (Å²) in [5.41, 5.74) is 4.08. The van der Waals surface area contributed by atoms with Crippen LogP contribution in [0.25, 0.3) is 0 Å². The molecule has 0 bridgehead atoms. The molecule has 0 amide bonds. The molecule has 0 rings (SSSR count). The third-order valence-corrected chi connectivity index (χ3v) is 0.359. The molecule has 5 nitrogen and oxygen atoms in total. The van der Waals surface area contributed by atoms with E-state index < -0.39 is 0 Å². The zero-order chi connectivity index (χ0) is 4.83. The van der Waals surface area contributed by atoms with Gasteiger partial charge in [-0.05, 0) is 0 Å². The Labute approximate surface area is 48.7 Å². The second-order valence-corrected chi connectivity index (χ2v) is 0.840. The summed E-state index contributed by atoms with van der Waals surface area (Å²) < 4.78 is 4.19. The molecule has 0 radical (unpaired) electrons. The van der Waals surface area contributed by atoms with Gasteiger partial charge in [-0.15, -0.1) is 5.59 Å². The Morgan fingerprint density at radius 3 is 2.33 bits per heavy atom. The Hall–Kier alpha value is 0.530. The number of nitrogens with one attached hydrogen (secondary N) is 2. The number of hydrazine groups is 1. The van der Waals surface area contributed by atoms with Crippen molar-refractivity contribution in [3.63, 3.8) is 0 Å². The first-order valence-corrected chi connectivity index (χ1v) is 1.93. The summed E-state index contributed by atoms with van der Waals surface area (Å²) in [6, 6.07) is 0. The second kappa shape index (κ2) is 5.53. The van der Waals surface area contributed by atoms with Crippen LogP contribution >= 0.6 is 23.0 Å². The molecule has 0 aromatic heterocycles. The molecule has 0 saturated heterocycles. The van der Waals surface area contributed by atoms with E-state index >= 15 is 0 Å². The van der Waals surface area contributed by atoms with Gasteiger partial charge in [0.1, 0.15) is 23.0 Å². The number of rotatable bonds is 3. The summed E-state index contributed by atoms with van der Waals surface area (Å²) in [6.07, 6.45) is 0. The van der Waals surface area contributed by atoms with Gasteiger partial charge >= 0.3 is 0 Å². The van der Waals surface area contributed by atoms with Crippen LogP contribution in [0.1, 0.15) is 0 Å². The van der Waals surface area contributed by atoms with Crippen molar-refractivity contribution in [2.75, 3.05) is 0 Å². The molecular formula is H4IN3O2. The van der Waals surface area contributed by atoms with Crippen LogP contribution in [0.5, 0.6) is 0 Å².